The van der Waals surface area contributed by atoms with E-state index in [1.165, 1.54) is 13.2 Å². The highest BCUT2D eigenvalue weighted by Gasteiger charge is 2.23. The lowest BCUT2D eigenvalue weighted by Gasteiger charge is -2.11. The number of benzene rings is 1. The molecule has 0 aliphatic rings. The first kappa shape index (κ1) is 12.8. The van der Waals surface area contributed by atoms with Crippen LogP contribution in [0.5, 0.6) is 5.75 Å². The fraction of sp³-hybridized carbons (Fsp3) is 0.200. The average Bonchev–Trinajstić information content (AvgIpc) is 2.86. The topological polar surface area (TPSA) is 74.1 Å². The summed E-state index contributed by atoms with van der Waals surface area (Å²) in [6.07, 6.45) is 2.24. The Morgan fingerprint density at radius 1 is 1.39 bits per heavy atom. The Morgan fingerprint density at radius 2 is 2.11 bits per heavy atom. The Balaban J connectivity index is 2.68. The SMILES string of the molecule is COc1cc(C)c(Cl)cc1S(=O)(=O)n1cncn1. The maximum Gasteiger partial charge on any atom is 0.288 e. The van der Waals surface area contributed by atoms with Crippen molar-refractivity contribution in [3.63, 3.8) is 0 Å². The van der Waals surface area contributed by atoms with E-state index in [1.54, 1.807) is 13.0 Å². The van der Waals surface area contributed by atoms with Crippen LogP contribution in [0.1, 0.15) is 5.56 Å². The van der Waals surface area contributed by atoms with Crippen LogP contribution in [0.2, 0.25) is 5.02 Å². The van der Waals surface area contributed by atoms with Gasteiger partial charge >= 0.3 is 0 Å². The number of aryl methyl sites for hydroxylation is 1. The third-order valence-corrected chi connectivity index (χ3v) is 4.33. The fourth-order valence-corrected chi connectivity index (χ4v) is 2.86. The molecule has 2 aromatic rings. The molecule has 0 spiro atoms. The summed E-state index contributed by atoms with van der Waals surface area (Å²) in [5.74, 6) is 0.215. The zero-order valence-electron chi connectivity index (χ0n) is 9.66. The van der Waals surface area contributed by atoms with Gasteiger partial charge in [-0.15, -0.1) is 9.19 Å². The van der Waals surface area contributed by atoms with Crippen molar-refractivity contribution < 1.29 is 13.2 Å². The summed E-state index contributed by atoms with van der Waals surface area (Å²) in [5.41, 5.74) is 0.728. The van der Waals surface area contributed by atoms with Gasteiger partial charge in [0.15, 0.2) is 0 Å². The molecule has 0 unspecified atom stereocenters. The Hall–Kier alpha value is -1.60. The van der Waals surface area contributed by atoms with Crippen molar-refractivity contribution in [1.82, 2.24) is 14.2 Å². The van der Waals surface area contributed by atoms with E-state index in [-0.39, 0.29) is 10.6 Å². The zero-order chi connectivity index (χ0) is 13.3. The number of nitrogens with zero attached hydrogens (tertiary/aromatic N) is 3. The molecule has 0 bridgehead atoms. The number of hydrogen-bond donors (Lipinski definition) is 0. The van der Waals surface area contributed by atoms with Crippen molar-refractivity contribution >= 4 is 21.6 Å². The Labute approximate surface area is 109 Å². The molecular weight excluding hydrogens is 278 g/mol. The zero-order valence-corrected chi connectivity index (χ0v) is 11.2. The van der Waals surface area contributed by atoms with Crippen LogP contribution >= 0.6 is 11.6 Å². The van der Waals surface area contributed by atoms with E-state index >= 15 is 0 Å². The van der Waals surface area contributed by atoms with E-state index in [0.717, 1.165) is 22.3 Å². The quantitative estimate of drug-likeness (QED) is 0.855. The fourth-order valence-electron chi connectivity index (χ4n) is 1.42. The molecule has 0 aliphatic carbocycles. The lowest BCUT2D eigenvalue weighted by Crippen LogP contribution is -2.14. The summed E-state index contributed by atoms with van der Waals surface area (Å²) in [7, 11) is -2.45. The monoisotopic (exact) mass is 287 g/mol. The molecule has 0 aliphatic heterocycles. The van der Waals surface area contributed by atoms with Crippen LogP contribution in [0.4, 0.5) is 0 Å². The van der Waals surface area contributed by atoms with Gasteiger partial charge in [0.2, 0.25) is 0 Å². The standard InChI is InChI=1S/C10H10ClN3O3S/c1-7-3-9(17-2)10(4-8(7)11)18(15,16)14-6-12-5-13-14/h3-6H,1-2H3. The van der Waals surface area contributed by atoms with Gasteiger partial charge in [0.25, 0.3) is 10.0 Å². The van der Waals surface area contributed by atoms with Gasteiger partial charge in [-0.1, -0.05) is 11.6 Å². The summed E-state index contributed by atoms with van der Waals surface area (Å²) >= 11 is 5.94. The van der Waals surface area contributed by atoms with Crippen LogP contribution in [0, 0.1) is 6.92 Å². The first-order valence-corrected chi connectivity index (χ1v) is 6.73. The van der Waals surface area contributed by atoms with Crippen LogP contribution in [-0.2, 0) is 10.0 Å². The van der Waals surface area contributed by atoms with Crippen molar-refractivity contribution in [2.45, 2.75) is 11.8 Å². The first-order valence-electron chi connectivity index (χ1n) is 4.91. The molecule has 6 nitrogen and oxygen atoms in total. The number of ether oxygens (including phenoxy) is 1. The Bertz CT molecular complexity index is 668. The number of rotatable bonds is 3. The highest BCUT2D eigenvalue weighted by atomic mass is 35.5. The van der Waals surface area contributed by atoms with Gasteiger partial charge in [0.05, 0.1) is 7.11 Å². The van der Waals surface area contributed by atoms with E-state index in [0.29, 0.717) is 5.02 Å². The van der Waals surface area contributed by atoms with Gasteiger partial charge in [-0.3, -0.25) is 0 Å². The van der Waals surface area contributed by atoms with Crippen LogP contribution in [0.3, 0.4) is 0 Å². The molecule has 0 atom stereocenters. The van der Waals surface area contributed by atoms with Crippen molar-refractivity contribution in [3.05, 3.63) is 35.4 Å². The van der Waals surface area contributed by atoms with Gasteiger partial charge in [-0.25, -0.2) is 4.98 Å². The van der Waals surface area contributed by atoms with Gasteiger partial charge < -0.3 is 4.74 Å². The van der Waals surface area contributed by atoms with Crippen molar-refractivity contribution in [3.8, 4) is 5.75 Å². The molecular formula is C10H10ClN3O3S. The van der Waals surface area contributed by atoms with E-state index < -0.39 is 10.0 Å². The summed E-state index contributed by atoms with van der Waals surface area (Å²) in [6.45, 7) is 1.76. The number of methoxy groups -OCH3 is 1. The molecule has 1 heterocycles. The molecule has 0 fully saturated rings. The first-order chi connectivity index (χ1) is 8.46. The van der Waals surface area contributed by atoms with E-state index in [2.05, 4.69) is 10.1 Å². The van der Waals surface area contributed by atoms with Gasteiger partial charge in [0, 0.05) is 5.02 Å². The third kappa shape index (κ3) is 2.06. The van der Waals surface area contributed by atoms with Crippen LogP contribution < -0.4 is 4.74 Å². The maximum absolute atomic E-state index is 12.3. The van der Waals surface area contributed by atoms with Crippen LogP contribution in [0.25, 0.3) is 0 Å². The van der Waals surface area contributed by atoms with Crippen molar-refractivity contribution in [2.24, 2.45) is 0 Å². The molecule has 1 aromatic carbocycles. The highest BCUT2D eigenvalue weighted by Crippen LogP contribution is 2.30. The molecule has 0 amide bonds. The molecule has 0 N–H and O–H groups in total. The van der Waals surface area contributed by atoms with E-state index in [1.807, 2.05) is 0 Å². The second-order valence-corrected chi connectivity index (χ2v) is 5.70. The summed E-state index contributed by atoms with van der Waals surface area (Å²) in [4.78, 5) is 3.56. The normalized spacial score (nSPS) is 11.5. The van der Waals surface area contributed by atoms with Gasteiger partial charge in [0.1, 0.15) is 23.3 Å². The largest absolute Gasteiger partial charge is 0.495 e. The van der Waals surface area contributed by atoms with Crippen molar-refractivity contribution in [2.75, 3.05) is 7.11 Å². The molecule has 0 radical (unpaired) electrons. The smallest absolute Gasteiger partial charge is 0.288 e. The summed E-state index contributed by atoms with van der Waals surface area (Å²) < 4.78 is 30.3. The summed E-state index contributed by atoms with van der Waals surface area (Å²) in [6, 6.07) is 2.90. The number of halogens is 1. The second-order valence-electron chi connectivity index (χ2n) is 3.53. The van der Waals surface area contributed by atoms with Crippen LogP contribution in [-0.4, -0.2) is 29.7 Å². The minimum Gasteiger partial charge on any atom is -0.495 e. The Morgan fingerprint density at radius 3 is 2.67 bits per heavy atom. The number of aromatic nitrogens is 3. The predicted molar refractivity (Wildman–Crippen MR) is 65.3 cm³/mol. The number of hydrogen-bond acceptors (Lipinski definition) is 5. The maximum atomic E-state index is 12.3. The molecule has 0 saturated carbocycles. The average molecular weight is 288 g/mol. The molecule has 2 rings (SSSR count). The summed E-state index contributed by atoms with van der Waals surface area (Å²) in [5, 5.41) is 3.95. The second kappa shape index (κ2) is 4.58. The molecule has 96 valence electrons. The minimum atomic E-state index is -3.84. The predicted octanol–water partition coefficient (Wildman–Crippen LogP) is 1.49. The molecule has 18 heavy (non-hydrogen) atoms. The molecule has 1 aromatic heterocycles. The third-order valence-electron chi connectivity index (χ3n) is 2.37. The molecule has 8 heteroatoms. The van der Waals surface area contributed by atoms with E-state index in [9.17, 15) is 8.42 Å². The minimum absolute atomic E-state index is 0.0499. The van der Waals surface area contributed by atoms with Gasteiger partial charge in [-0.05, 0) is 24.6 Å². The lowest BCUT2D eigenvalue weighted by molar-refractivity contribution is 0.402. The van der Waals surface area contributed by atoms with Crippen LogP contribution in [0.15, 0.2) is 29.7 Å². The van der Waals surface area contributed by atoms with E-state index in [4.69, 9.17) is 16.3 Å². The van der Waals surface area contributed by atoms with Gasteiger partial charge in [-0.2, -0.15) is 8.42 Å². The van der Waals surface area contributed by atoms with Crippen molar-refractivity contribution in [1.29, 1.82) is 0 Å². The molecule has 0 saturated heterocycles. The highest BCUT2D eigenvalue weighted by molar-refractivity contribution is 7.90. The Kier molecular flexibility index (Phi) is 3.27. The lowest BCUT2D eigenvalue weighted by atomic mass is 10.2.